The molecule has 4 aromatic rings. The highest BCUT2D eigenvalue weighted by Gasteiger charge is 2.14. The molecule has 2 aromatic carbocycles. The third kappa shape index (κ3) is 4.11. The van der Waals surface area contributed by atoms with Crippen molar-refractivity contribution in [2.45, 2.75) is 20.0 Å². The van der Waals surface area contributed by atoms with Crippen LogP contribution in [0.5, 0.6) is 5.75 Å². The van der Waals surface area contributed by atoms with Gasteiger partial charge in [-0.1, -0.05) is 29.8 Å². The number of methoxy groups -OCH3 is 1. The second kappa shape index (κ2) is 8.14. The van der Waals surface area contributed by atoms with Gasteiger partial charge >= 0.3 is 0 Å². The third-order valence-corrected chi connectivity index (χ3v) is 4.74. The second-order valence-corrected chi connectivity index (χ2v) is 6.86. The fraction of sp³-hybridized carbons (Fsp3) is 0.174. The van der Waals surface area contributed by atoms with Crippen LogP contribution < -0.4 is 10.1 Å². The molecule has 6 heteroatoms. The van der Waals surface area contributed by atoms with Gasteiger partial charge in [-0.3, -0.25) is 4.79 Å². The van der Waals surface area contributed by atoms with Gasteiger partial charge < -0.3 is 14.6 Å². The number of benzene rings is 2. The molecular weight excluding hydrogens is 364 g/mol. The van der Waals surface area contributed by atoms with Gasteiger partial charge in [0, 0.05) is 11.8 Å². The van der Waals surface area contributed by atoms with Gasteiger partial charge in [0.2, 0.25) is 0 Å². The number of carbonyl (C=O) groups is 1. The lowest BCUT2D eigenvalue weighted by Crippen LogP contribution is -2.25. The lowest BCUT2D eigenvalue weighted by molar-refractivity contribution is 0.0949. The van der Waals surface area contributed by atoms with E-state index in [2.05, 4.69) is 15.3 Å². The minimum absolute atomic E-state index is 0.123. The predicted molar refractivity (Wildman–Crippen MR) is 112 cm³/mol. The van der Waals surface area contributed by atoms with Gasteiger partial charge in [-0.25, -0.2) is 9.97 Å². The fourth-order valence-electron chi connectivity index (χ4n) is 3.31. The maximum atomic E-state index is 12.6. The highest BCUT2D eigenvalue weighted by molar-refractivity contribution is 5.94. The zero-order valence-corrected chi connectivity index (χ0v) is 16.4. The van der Waals surface area contributed by atoms with Crippen molar-refractivity contribution >= 4 is 17.1 Å². The van der Waals surface area contributed by atoms with Crippen LogP contribution in [0.3, 0.4) is 0 Å². The number of nitrogens with zero attached hydrogens (tertiary/aromatic N) is 3. The van der Waals surface area contributed by atoms with Crippen LogP contribution in [0.15, 0.2) is 66.9 Å². The van der Waals surface area contributed by atoms with E-state index in [1.165, 1.54) is 0 Å². The zero-order chi connectivity index (χ0) is 20.2. The molecular formula is C23H22N4O2. The van der Waals surface area contributed by atoms with Crippen molar-refractivity contribution < 1.29 is 9.53 Å². The van der Waals surface area contributed by atoms with Gasteiger partial charge in [0.25, 0.3) is 5.91 Å². The summed E-state index contributed by atoms with van der Waals surface area (Å²) in [5, 5.41) is 2.98. The Morgan fingerprint density at radius 3 is 2.79 bits per heavy atom. The van der Waals surface area contributed by atoms with Gasteiger partial charge in [0.05, 0.1) is 20.2 Å². The summed E-state index contributed by atoms with van der Waals surface area (Å²) in [5.74, 6) is 1.43. The lowest BCUT2D eigenvalue weighted by Gasteiger charge is -2.11. The lowest BCUT2D eigenvalue weighted by atomic mass is 10.1. The summed E-state index contributed by atoms with van der Waals surface area (Å²) in [5.41, 5.74) is 4.34. The molecule has 6 nitrogen and oxygen atoms in total. The molecule has 0 saturated carbocycles. The molecule has 2 aromatic heterocycles. The number of hydrogen-bond donors (Lipinski definition) is 1. The maximum Gasteiger partial charge on any atom is 0.251 e. The minimum Gasteiger partial charge on any atom is -0.497 e. The standard InChI is InChI=1S/C23H22N4O2/c1-16-6-3-8-18(12-16)23(28)25-14-21-26-20-10-5-11-24-22(20)27(21)15-17-7-4-9-19(13-17)29-2/h3-13H,14-15H2,1-2H3,(H,25,28). The Bertz CT molecular complexity index is 1170. The highest BCUT2D eigenvalue weighted by atomic mass is 16.5. The average molecular weight is 386 g/mol. The van der Waals surface area contributed by atoms with Gasteiger partial charge in [0.15, 0.2) is 5.65 Å². The van der Waals surface area contributed by atoms with E-state index >= 15 is 0 Å². The Hall–Kier alpha value is -3.67. The smallest absolute Gasteiger partial charge is 0.251 e. The molecule has 0 bridgehead atoms. The van der Waals surface area contributed by atoms with Crippen molar-refractivity contribution in [2.24, 2.45) is 0 Å². The summed E-state index contributed by atoms with van der Waals surface area (Å²) in [6.45, 7) is 2.86. The molecule has 4 rings (SSSR count). The Balaban J connectivity index is 1.61. The molecule has 1 amide bonds. The van der Waals surface area contributed by atoms with E-state index in [1.54, 1.807) is 13.3 Å². The zero-order valence-electron chi connectivity index (χ0n) is 16.4. The number of fused-ring (bicyclic) bond motifs is 1. The van der Waals surface area contributed by atoms with Crippen LogP contribution in [0, 0.1) is 6.92 Å². The van der Waals surface area contributed by atoms with Crippen LogP contribution >= 0.6 is 0 Å². The first-order chi connectivity index (χ1) is 14.1. The Labute approximate surface area is 169 Å². The number of nitrogens with one attached hydrogen (secondary N) is 1. The molecule has 1 N–H and O–H groups in total. The van der Waals surface area contributed by atoms with Crippen molar-refractivity contribution in [1.29, 1.82) is 0 Å². The van der Waals surface area contributed by atoms with Crippen LogP contribution in [0.2, 0.25) is 0 Å². The van der Waals surface area contributed by atoms with E-state index in [1.807, 2.05) is 72.2 Å². The van der Waals surface area contributed by atoms with E-state index in [4.69, 9.17) is 4.74 Å². The number of imidazole rings is 1. The number of ether oxygens (including phenoxy) is 1. The van der Waals surface area contributed by atoms with Gasteiger partial charge in [-0.05, 0) is 48.9 Å². The van der Waals surface area contributed by atoms with E-state index in [0.717, 1.165) is 33.9 Å². The minimum atomic E-state index is -0.123. The van der Waals surface area contributed by atoms with E-state index < -0.39 is 0 Å². The van der Waals surface area contributed by atoms with Crippen LogP contribution in [0.25, 0.3) is 11.2 Å². The summed E-state index contributed by atoms with van der Waals surface area (Å²) >= 11 is 0. The fourth-order valence-corrected chi connectivity index (χ4v) is 3.31. The Kier molecular flexibility index (Phi) is 5.24. The predicted octanol–water partition coefficient (Wildman–Crippen LogP) is 3.73. The van der Waals surface area contributed by atoms with E-state index in [0.29, 0.717) is 18.7 Å². The molecule has 29 heavy (non-hydrogen) atoms. The maximum absolute atomic E-state index is 12.6. The molecule has 0 spiro atoms. The first-order valence-electron chi connectivity index (χ1n) is 9.42. The average Bonchev–Trinajstić information content (AvgIpc) is 3.09. The number of pyridine rings is 1. The molecule has 0 fully saturated rings. The van der Waals surface area contributed by atoms with Gasteiger partial charge in [-0.2, -0.15) is 0 Å². The summed E-state index contributed by atoms with van der Waals surface area (Å²) in [7, 11) is 1.65. The third-order valence-electron chi connectivity index (χ3n) is 4.74. The molecule has 0 atom stereocenters. The van der Waals surface area contributed by atoms with Gasteiger partial charge in [0.1, 0.15) is 17.1 Å². The molecule has 2 heterocycles. The second-order valence-electron chi connectivity index (χ2n) is 6.86. The van der Waals surface area contributed by atoms with Crippen molar-refractivity contribution in [1.82, 2.24) is 19.9 Å². The molecule has 0 aliphatic heterocycles. The van der Waals surface area contributed by atoms with Crippen molar-refractivity contribution in [3.63, 3.8) is 0 Å². The normalized spacial score (nSPS) is 10.8. The van der Waals surface area contributed by atoms with Crippen molar-refractivity contribution in [3.8, 4) is 5.75 Å². The first kappa shape index (κ1) is 18.7. The van der Waals surface area contributed by atoms with E-state index in [-0.39, 0.29) is 5.91 Å². The molecule has 0 unspecified atom stereocenters. The Morgan fingerprint density at radius 1 is 1.10 bits per heavy atom. The number of hydrogen-bond acceptors (Lipinski definition) is 4. The summed E-state index contributed by atoms with van der Waals surface area (Å²) < 4.78 is 7.36. The van der Waals surface area contributed by atoms with Crippen LogP contribution in [-0.2, 0) is 13.1 Å². The molecule has 0 saturated heterocycles. The van der Waals surface area contributed by atoms with Crippen LogP contribution in [0.4, 0.5) is 0 Å². The van der Waals surface area contributed by atoms with Gasteiger partial charge in [-0.15, -0.1) is 0 Å². The largest absolute Gasteiger partial charge is 0.497 e. The quantitative estimate of drug-likeness (QED) is 0.548. The molecule has 0 radical (unpaired) electrons. The van der Waals surface area contributed by atoms with Crippen molar-refractivity contribution in [2.75, 3.05) is 7.11 Å². The Morgan fingerprint density at radius 2 is 1.97 bits per heavy atom. The first-order valence-corrected chi connectivity index (χ1v) is 9.42. The molecule has 0 aliphatic rings. The summed E-state index contributed by atoms with van der Waals surface area (Å²) in [6, 6.07) is 19.2. The number of rotatable bonds is 6. The van der Waals surface area contributed by atoms with Crippen LogP contribution in [0.1, 0.15) is 27.3 Å². The highest BCUT2D eigenvalue weighted by Crippen LogP contribution is 2.19. The molecule has 146 valence electrons. The van der Waals surface area contributed by atoms with Crippen LogP contribution in [-0.4, -0.2) is 27.6 Å². The monoisotopic (exact) mass is 386 g/mol. The summed E-state index contributed by atoms with van der Waals surface area (Å²) in [4.78, 5) is 21.7. The number of carbonyl (C=O) groups excluding carboxylic acids is 1. The summed E-state index contributed by atoms with van der Waals surface area (Å²) in [6.07, 6.45) is 1.75. The molecule has 0 aliphatic carbocycles. The number of aromatic nitrogens is 3. The van der Waals surface area contributed by atoms with E-state index in [9.17, 15) is 4.79 Å². The number of aryl methyl sites for hydroxylation is 1. The topological polar surface area (TPSA) is 69.0 Å². The SMILES string of the molecule is COc1cccc(Cn2c(CNC(=O)c3cccc(C)c3)nc3cccnc32)c1. The van der Waals surface area contributed by atoms with Crippen molar-refractivity contribution in [3.05, 3.63) is 89.4 Å². The number of amides is 1.